The van der Waals surface area contributed by atoms with E-state index >= 15 is 0 Å². The van der Waals surface area contributed by atoms with Crippen LogP contribution in [0.25, 0.3) is 0 Å². The Morgan fingerprint density at radius 2 is 1.67 bits per heavy atom. The first kappa shape index (κ1) is 22.7. The van der Waals surface area contributed by atoms with Crippen molar-refractivity contribution in [2.75, 3.05) is 20.1 Å². The highest BCUT2D eigenvalue weighted by molar-refractivity contribution is 5.85. The lowest BCUT2D eigenvalue weighted by Crippen LogP contribution is -2.19. The van der Waals surface area contributed by atoms with Gasteiger partial charge in [-0.15, -0.1) is 24.8 Å². The van der Waals surface area contributed by atoms with Gasteiger partial charge < -0.3 is 15.4 Å². The van der Waals surface area contributed by atoms with Gasteiger partial charge in [-0.1, -0.05) is 42.0 Å². The average Bonchev–Trinajstić information content (AvgIpc) is 2.55. The second-order valence-corrected chi connectivity index (χ2v) is 5.56. The van der Waals surface area contributed by atoms with Gasteiger partial charge in [-0.3, -0.25) is 0 Å². The van der Waals surface area contributed by atoms with E-state index in [1.807, 2.05) is 13.1 Å². The van der Waals surface area contributed by atoms with E-state index in [4.69, 9.17) is 4.74 Å². The van der Waals surface area contributed by atoms with Crippen LogP contribution in [-0.4, -0.2) is 20.1 Å². The number of rotatable bonds is 9. The molecule has 0 aliphatic carbocycles. The molecule has 0 heterocycles. The van der Waals surface area contributed by atoms with Gasteiger partial charge in [0.25, 0.3) is 0 Å². The first-order valence-corrected chi connectivity index (χ1v) is 7.90. The molecule has 0 unspecified atom stereocenters. The van der Waals surface area contributed by atoms with Crippen molar-refractivity contribution in [3.8, 4) is 5.75 Å². The smallest absolute Gasteiger partial charge is 0.120 e. The quantitative estimate of drug-likeness (QED) is 0.651. The van der Waals surface area contributed by atoms with E-state index in [0.717, 1.165) is 31.8 Å². The Labute approximate surface area is 158 Å². The fraction of sp³-hybridized carbons (Fsp3) is 0.368. The number of hydrogen-bond acceptors (Lipinski definition) is 3. The number of aryl methyl sites for hydroxylation is 1. The third-order valence-corrected chi connectivity index (χ3v) is 3.53. The lowest BCUT2D eigenvalue weighted by atomic mass is 10.2. The molecular formula is C19H28Cl2N2O. The van der Waals surface area contributed by atoms with Crippen LogP contribution in [0, 0.1) is 6.92 Å². The lowest BCUT2D eigenvalue weighted by molar-refractivity contribution is 0.306. The Bertz CT molecular complexity index is 562. The topological polar surface area (TPSA) is 33.3 Å². The van der Waals surface area contributed by atoms with E-state index in [1.165, 1.54) is 16.7 Å². The van der Waals surface area contributed by atoms with Gasteiger partial charge in [-0.25, -0.2) is 0 Å². The molecule has 134 valence electrons. The molecule has 2 aromatic carbocycles. The van der Waals surface area contributed by atoms with Crippen LogP contribution in [0.15, 0.2) is 48.5 Å². The van der Waals surface area contributed by atoms with Crippen LogP contribution in [0.3, 0.4) is 0 Å². The molecule has 0 saturated carbocycles. The predicted molar refractivity (Wildman–Crippen MR) is 107 cm³/mol. The third kappa shape index (κ3) is 8.55. The normalized spacial score (nSPS) is 9.75. The van der Waals surface area contributed by atoms with Gasteiger partial charge >= 0.3 is 0 Å². The summed E-state index contributed by atoms with van der Waals surface area (Å²) in [5.41, 5.74) is 3.72. The summed E-state index contributed by atoms with van der Waals surface area (Å²) in [6.07, 6.45) is 1.14. The molecule has 5 heteroatoms. The number of halogens is 2. The van der Waals surface area contributed by atoms with Crippen molar-refractivity contribution in [1.82, 2.24) is 10.6 Å². The van der Waals surface area contributed by atoms with Gasteiger partial charge in [-0.05, 0) is 56.7 Å². The van der Waals surface area contributed by atoms with Crippen molar-refractivity contribution >= 4 is 24.8 Å². The van der Waals surface area contributed by atoms with Crippen LogP contribution >= 0.6 is 24.8 Å². The maximum absolute atomic E-state index is 5.88. The molecule has 0 fully saturated rings. The fourth-order valence-corrected chi connectivity index (χ4v) is 2.22. The summed E-state index contributed by atoms with van der Waals surface area (Å²) in [5, 5.41) is 6.60. The summed E-state index contributed by atoms with van der Waals surface area (Å²) in [4.78, 5) is 0. The van der Waals surface area contributed by atoms with E-state index in [-0.39, 0.29) is 24.8 Å². The van der Waals surface area contributed by atoms with Crippen molar-refractivity contribution in [3.63, 3.8) is 0 Å². The van der Waals surface area contributed by atoms with Crippen LogP contribution in [0.1, 0.15) is 23.1 Å². The molecule has 2 N–H and O–H groups in total. The molecule has 0 aliphatic heterocycles. The molecule has 0 amide bonds. The van der Waals surface area contributed by atoms with Crippen LogP contribution in [-0.2, 0) is 13.2 Å². The van der Waals surface area contributed by atoms with Gasteiger partial charge in [0.1, 0.15) is 12.4 Å². The van der Waals surface area contributed by atoms with Gasteiger partial charge in [0.2, 0.25) is 0 Å². The Hall–Kier alpha value is -1.26. The van der Waals surface area contributed by atoms with Crippen molar-refractivity contribution in [2.24, 2.45) is 0 Å². The molecule has 0 saturated heterocycles. The molecule has 0 spiro atoms. The molecule has 2 rings (SSSR count). The summed E-state index contributed by atoms with van der Waals surface area (Å²) in [6, 6.07) is 16.8. The third-order valence-electron chi connectivity index (χ3n) is 3.53. The number of benzene rings is 2. The highest BCUT2D eigenvalue weighted by Crippen LogP contribution is 2.15. The molecule has 0 aromatic heterocycles. The van der Waals surface area contributed by atoms with E-state index in [1.54, 1.807) is 0 Å². The zero-order valence-electron chi connectivity index (χ0n) is 14.4. The molecule has 0 aliphatic rings. The second kappa shape index (κ2) is 13.1. The molecule has 0 bridgehead atoms. The maximum Gasteiger partial charge on any atom is 0.120 e. The predicted octanol–water partition coefficient (Wildman–Crippen LogP) is 4.12. The van der Waals surface area contributed by atoms with Crippen molar-refractivity contribution < 1.29 is 4.74 Å². The minimum absolute atomic E-state index is 0. The van der Waals surface area contributed by atoms with E-state index in [0.29, 0.717) is 6.61 Å². The van der Waals surface area contributed by atoms with Crippen molar-refractivity contribution in [3.05, 3.63) is 65.2 Å². The highest BCUT2D eigenvalue weighted by Gasteiger charge is 1.99. The van der Waals surface area contributed by atoms with Gasteiger partial charge in [0.05, 0.1) is 0 Å². The van der Waals surface area contributed by atoms with Crippen LogP contribution in [0.2, 0.25) is 0 Å². The molecular weight excluding hydrogens is 343 g/mol. The summed E-state index contributed by atoms with van der Waals surface area (Å²) in [5.74, 6) is 0.926. The number of ether oxygens (including phenoxy) is 1. The van der Waals surface area contributed by atoms with Gasteiger partial charge in [-0.2, -0.15) is 0 Å². The zero-order chi connectivity index (χ0) is 15.6. The Morgan fingerprint density at radius 1 is 0.917 bits per heavy atom. The van der Waals surface area contributed by atoms with E-state index < -0.39 is 0 Å². The minimum atomic E-state index is 0. The van der Waals surface area contributed by atoms with Crippen LogP contribution in [0.4, 0.5) is 0 Å². The van der Waals surface area contributed by atoms with E-state index in [9.17, 15) is 0 Å². The molecule has 24 heavy (non-hydrogen) atoms. The average molecular weight is 371 g/mol. The highest BCUT2D eigenvalue weighted by atomic mass is 35.5. The van der Waals surface area contributed by atoms with Crippen molar-refractivity contribution in [2.45, 2.75) is 26.5 Å². The summed E-state index contributed by atoms with van der Waals surface area (Å²) < 4.78 is 5.88. The standard InChI is InChI=1S/C19H26N2O.2ClH/c1-16-7-9-17(10-8-16)15-22-19-6-3-5-18(13-19)14-21-12-4-11-20-2;;/h3,5-10,13,20-21H,4,11-12,14-15H2,1-2H3;2*1H. The number of nitrogens with one attached hydrogen (secondary N) is 2. The molecule has 2 aromatic rings. The largest absolute Gasteiger partial charge is 0.489 e. The molecule has 0 atom stereocenters. The summed E-state index contributed by atoms with van der Waals surface area (Å²) in [7, 11) is 1.98. The second-order valence-electron chi connectivity index (χ2n) is 5.56. The number of hydrogen-bond donors (Lipinski definition) is 2. The Kier molecular flexibility index (Phi) is 12.4. The van der Waals surface area contributed by atoms with Crippen molar-refractivity contribution in [1.29, 1.82) is 0 Å². The Balaban J connectivity index is 0.00000264. The van der Waals surface area contributed by atoms with Crippen LogP contribution in [0.5, 0.6) is 5.75 Å². The Morgan fingerprint density at radius 3 is 2.38 bits per heavy atom. The minimum Gasteiger partial charge on any atom is -0.489 e. The molecule has 3 nitrogen and oxygen atoms in total. The van der Waals surface area contributed by atoms with Gasteiger partial charge in [0, 0.05) is 6.54 Å². The summed E-state index contributed by atoms with van der Waals surface area (Å²) in [6.45, 7) is 5.66. The first-order chi connectivity index (χ1) is 10.8. The maximum atomic E-state index is 5.88. The zero-order valence-corrected chi connectivity index (χ0v) is 16.0. The lowest BCUT2D eigenvalue weighted by Gasteiger charge is -2.09. The molecule has 0 radical (unpaired) electrons. The SMILES string of the molecule is CNCCCNCc1cccc(OCc2ccc(C)cc2)c1.Cl.Cl. The summed E-state index contributed by atoms with van der Waals surface area (Å²) >= 11 is 0. The first-order valence-electron chi connectivity index (χ1n) is 7.90. The fourth-order valence-electron chi connectivity index (χ4n) is 2.22. The monoisotopic (exact) mass is 370 g/mol. The van der Waals surface area contributed by atoms with Gasteiger partial charge in [0.15, 0.2) is 0 Å². The van der Waals surface area contributed by atoms with Crippen LogP contribution < -0.4 is 15.4 Å². The van der Waals surface area contributed by atoms with E-state index in [2.05, 4.69) is 60.0 Å².